The molecule has 86 valence electrons. The number of hydrogen-bond donors (Lipinski definition) is 0. The zero-order chi connectivity index (χ0) is 11.4. The molecule has 2 nitrogen and oxygen atoms in total. The number of halogens is 1. The van der Waals surface area contributed by atoms with Gasteiger partial charge >= 0.3 is 0 Å². The number of piperidine rings is 1. The second-order valence-electron chi connectivity index (χ2n) is 4.27. The van der Waals surface area contributed by atoms with Crippen LogP contribution in [-0.2, 0) is 0 Å². The lowest BCUT2D eigenvalue weighted by molar-refractivity contribution is 0.0915. The van der Waals surface area contributed by atoms with Crippen molar-refractivity contribution in [3.05, 3.63) is 34.9 Å². The molecule has 3 heteroatoms. The van der Waals surface area contributed by atoms with Crippen LogP contribution in [0.2, 0.25) is 5.02 Å². The maximum atomic E-state index is 12.0. The molecule has 1 heterocycles. The van der Waals surface area contributed by atoms with E-state index in [0.717, 1.165) is 18.7 Å². The van der Waals surface area contributed by atoms with Crippen LogP contribution in [-0.4, -0.2) is 30.3 Å². The standard InChI is InChI=1S/C13H16ClNO/c14-12-6-4-5-11(9-12)13(16)10-15-7-2-1-3-8-15/h4-6,9H,1-3,7-8,10H2. The van der Waals surface area contributed by atoms with Gasteiger partial charge in [-0.05, 0) is 38.1 Å². The summed E-state index contributed by atoms with van der Waals surface area (Å²) in [6, 6.07) is 7.19. The molecule has 0 amide bonds. The molecule has 1 aromatic rings. The van der Waals surface area contributed by atoms with Crippen molar-refractivity contribution in [1.29, 1.82) is 0 Å². The zero-order valence-electron chi connectivity index (χ0n) is 9.29. The van der Waals surface area contributed by atoms with E-state index in [-0.39, 0.29) is 5.78 Å². The summed E-state index contributed by atoms with van der Waals surface area (Å²) in [5.74, 6) is 0.171. The van der Waals surface area contributed by atoms with Crippen molar-refractivity contribution in [3.63, 3.8) is 0 Å². The fraction of sp³-hybridized carbons (Fsp3) is 0.462. The second-order valence-corrected chi connectivity index (χ2v) is 4.71. The Bertz CT molecular complexity index is 372. The molecular weight excluding hydrogens is 222 g/mol. The maximum absolute atomic E-state index is 12.0. The molecule has 0 aliphatic carbocycles. The maximum Gasteiger partial charge on any atom is 0.176 e. The third-order valence-corrected chi connectivity index (χ3v) is 3.20. The van der Waals surface area contributed by atoms with Gasteiger partial charge in [0.15, 0.2) is 5.78 Å². The number of hydrogen-bond acceptors (Lipinski definition) is 2. The quantitative estimate of drug-likeness (QED) is 0.754. The number of carbonyl (C=O) groups excluding carboxylic acids is 1. The third-order valence-electron chi connectivity index (χ3n) is 2.96. The van der Waals surface area contributed by atoms with Crippen LogP contribution in [0, 0.1) is 0 Å². The van der Waals surface area contributed by atoms with Gasteiger partial charge in [0, 0.05) is 10.6 Å². The zero-order valence-corrected chi connectivity index (χ0v) is 10.0. The van der Waals surface area contributed by atoms with Crippen molar-refractivity contribution in [2.45, 2.75) is 19.3 Å². The predicted molar refractivity (Wildman–Crippen MR) is 66.1 cm³/mol. The molecule has 1 saturated heterocycles. The van der Waals surface area contributed by atoms with Gasteiger partial charge in [0.2, 0.25) is 0 Å². The predicted octanol–water partition coefficient (Wildman–Crippen LogP) is 3.01. The summed E-state index contributed by atoms with van der Waals surface area (Å²) in [4.78, 5) is 14.2. The van der Waals surface area contributed by atoms with Gasteiger partial charge in [-0.25, -0.2) is 0 Å². The van der Waals surface area contributed by atoms with Crippen molar-refractivity contribution in [3.8, 4) is 0 Å². The van der Waals surface area contributed by atoms with Crippen LogP contribution in [0.4, 0.5) is 0 Å². The number of Topliss-reactive ketones (excluding diaryl/α,β-unsaturated/α-hetero) is 1. The molecule has 0 radical (unpaired) electrons. The number of ketones is 1. The van der Waals surface area contributed by atoms with Gasteiger partial charge in [0.05, 0.1) is 6.54 Å². The van der Waals surface area contributed by atoms with E-state index in [0.29, 0.717) is 11.6 Å². The summed E-state index contributed by atoms with van der Waals surface area (Å²) >= 11 is 5.87. The lowest BCUT2D eigenvalue weighted by Crippen LogP contribution is -2.34. The summed E-state index contributed by atoms with van der Waals surface area (Å²) in [5.41, 5.74) is 0.720. The highest BCUT2D eigenvalue weighted by Crippen LogP contribution is 2.13. The molecule has 0 atom stereocenters. The van der Waals surface area contributed by atoms with Crippen molar-refractivity contribution in [2.75, 3.05) is 19.6 Å². The Morgan fingerprint density at radius 1 is 1.25 bits per heavy atom. The van der Waals surface area contributed by atoms with E-state index < -0.39 is 0 Å². The minimum absolute atomic E-state index is 0.171. The van der Waals surface area contributed by atoms with Gasteiger partial charge in [-0.2, -0.15) is 0 Å². The van der Waals surface area contributed by atoms with Crippen LogP contribution >= 0.6 is 11.6 Å². The Balaban J connectivity index is 1.97. The summed E-state index contributed by atoms with van der Waals surface area (Å²) in [6.07, 6.45) is 3.72. The molecule has 1 aliphatic heterocycles. The minimum atomic E-state index is 0.171. The first-order valence-corrected chi connectivity index (χ1v) is 6.14. The van der Waals surface area contributed by atoms with Gasteiger partial charge < -0.3 is 0 Å². The van der Waals surface area contributed by atoms with Crippen molar-refractivity contribution >= 4 is 17.4 Å². The highest BCUT2D eigenvalue weighted by molar-refractivity contribution is 6.31. The first kappa shape index (κ1) is 11.6. The third kappa shape index (κ3) is 3.06. The summed E-state index contributed by atoms with van der Waals surface area (Å²) in [5, 5.41) is 0.629. The van der Waals surface area contributed by atoms with Crippen molar-refractivity contribution in [1.82, 2.24) is 4.90 Å². The van der Waals surface area contributed by atoms with E-state index >= 15 is 0 Å². The van der Waals surface area contributed by atoms with Gasteiger partial charge in [-0.15, -0.1) is 0 Å². The van der Waals surface area contributed by atoms with Gasteiger partial charge in [0.1, 0.15) is 0 Å². The first-order valence-electron chi connectivity index (χ1n) is 5.77. The first-order chi connectivity index (χ1) is 7.75. The van der Waals surface area contributed by atoms with Crippen molar-refractivity contribution < 1.29 is 4.79 Å². The van der Waals surface area contributed by atoms with Gasteiger partial charge in [-0.1, -0.05) is 30.2 Å². The Morgan fingerprint density at radius 2 is 2.00 bits per heavy atom. The molecule has 0 aromatic heterocycles. The fourth-order valence-electron chi connectivity index (χ4n) is 2.07. The summed E-state index contributed by atoms with van der Waals surface area (Å²) in [7, 11) is 0. The average molecular weight is 238 g/mol. The van der Waals surface area contributed by atoms with Crippen molar-refractivity contribution in [2.24, 2.45) is 0 Å². The smallest absolute Gasteiger partial charge is 0.176 e. The van der Waals surface area contributed by atoms with Crippen LogP contribution in [0.1, 0.15) is 29.6 Å². The highest BCUT2D eigenvalue weighted by atomic mass is 35.5. The van der Waals surface area contributed by atoms with Crippen LogP contribution in [0.5, 0.6) is 0 Å². The number of benzene rings is 1. The normalized spacial score (nSPS) is 17.3. The van der Waals surface area contributed by atoms with Crippen LogP contribution in [0.25, 0.3) is 0 Å². The molecule has 1 aliphatic rings. The molecule has 0 unspecified atom stereocenters. The largest absolute Gasteiger partial charge is 0.296 e. The molecule has 0 bridgehead atoms. The lowest BCUT2D eigenvalue weighted by Gasteiger charge is -2.25. The second kappa shape index (κ2) is 5.46. The van der Waals surface area contributed by atoms with E-state index in [1.165, 1.54) is 19.3 Å². The van der Waals surface area contributed by atoms with Gasteiger partial charge in [0.25, 0.3) is 0 Å². The Kier molecular flexibility index (Phi) is 3.97. The van der Waals surface area contributed by atoms with Crippen LogP contribution < -0.4 is 0 Å². The summed E-state index contributed by atoms with van der Waals surface area (Å²) < 4.78 is 0. The molecule has 1 fully saturated rings. The summed E-state index contributed by atoms with van der Waals surface area (Å²) in [6.45, 7) is 2.62. The molecule has 2 rings (SSSR count). The lowest BCUT2D eigenvalue weighted by atomic mass is 10.1. The SMILES string of the molecule is O=C(CN1CCCCC1)c1cccc(Cl)c1. The van der Waals surface area contributed by atoms with E-state index in [2.05, 4.69) is 4.90 Å². The Hall–Kier alpha value is -0.860. The molecule has 1 aromatic carbocycles. The topological polar surface area (TPSA) is 20.3 Å². The van der Waals surface area contributed by atoms with Crippen LogP contribution in [0.3, 0.4) is 0 Å². The van der Waals surface area contributed by atoms with Crippen LogP contribution in [0.15, 0.2) is 24.3 Å². The Labute approximate surface area is 101 Å². The average Bonchev–Trinajstić information content (AvgIpc) is 2.30. The molecule has 0 saturated carbocycles. The number of rotatable bonds is 3. The molecular formula is C13H16ClNO. The van der Waals surface area contributed by atoms with E-state index in [1.54, 1.807) is 12.1 Å². The minimum Gasteiger partial charge on any atom is -0.296 e. The van der Waals surface area contributed by atoms with E-state index in [4.69, 9.17) is 11.6 Å². The van der Waals surface area contributed by atoms with Gasteiger partial charge in [-0.3, -0.25) is 9.69 Å². The van der Waals surface area contributed by atoms with E-state index in [1.807, 2.05) is 12.1 Å². The number of carbonyl (C=O) groups is 1. The molecule has 0 N–H and O–H groups in total. The Morgan fingerprint density at radius 3 is 2.69 bits per heavy atom. The fourth-order valence-corrected chi connectivity index (χ4v) is 2.26. The number of nitrogens with zero attached hydrogens (tertiary/aromatic N) is 1. The van der Waals surface area contributed by atoms with E-state index in [9.17, 15) is 4.79 Å². The monoisotopic (exact) mass is 237 g/mol. The molecule has 16 heavy (non-hydrogen) atoms. The molecule has 0 spiro atoms. The number of likely N-dealkylation sites (tertiary alicyclic amines) is 1. The highest BCUT2D eigenvalue weighted by Gasteiger charge is 2.14.